The molecule has 4 rings (SSSR count). The highest BCUT2D eigenvalue weighted by Crippen LogP contribution is 2.46. The van der Waals surface area contributed by atoms with Crippen molar-refractivity contribution in [2.24, 2.45) is 0 Å². The normalized spacial score (nSPS) is 18.4. The Balaban J connectivity index is 0.000000948. The van der Waals surface area contributed by atoms with Crippen molar-refractivity contribution in [3.8, 4) is 5.75 Å². The average molecular weight is 344 g/mol. The molecule has 0 aliphatic heterocycles. The molecule has 1 aliphatic carbocycles. The fourth-order valence-corrected chi connectivity index (χ4v) is 4.05. The predicted molar refractivity (Wildman–Crippen MR) is 110 cm³/mol. The van der Waals surface area contributed by atoms with Gasteiger partial charge in [0.1, 0.15) is 5.75 Å². The molecule has 0 heterocycles. The van der Waals surface area contributed by atoms with Crippen LogP contribution in [0.2, 0.25) is 0 Å². The zero-order valence-electron chi connectivity index (χ0n) is 15.9. The molecule has 0 saturated carbocycles. The van der Waals surface area contributed by atoms with E-state index in [0.29, 0.717) is 17.6 Å². The van der Waals surface area contributed by atoms with E-state index in [1.807, 2.05) is 26.0 Å². The van der Waals surface area contributed by atoms with Crippen LogP contribution >= 0.6 is 0 Å². The lowest BCUT2D eigenvalue weighted by atomic mass is 9.69. The van der Waals surface area contributed by atoms with Crippen molar-refractivity contribution in [3.63, 3.8) is 0 Å². The standard InChI is InChI=1S/C23H22O.C2H6/c1-16-7-9-18(10-8-16)23-21(17-5-3-2-4-6-17)13-11-19-15-20(24)12-14-22(19)23;1-2/h2-10,12,14-15,21,23-24H,11,13H2,1H3;1-2H3. The summed E-state index contributed by atoms with van der Waals surface area (Å²) in [4.78, 5) is 0. The van der Waals surface area contributed by atoms with Crippen LogP contribution in [0.15, 0.2) is 72.8 Å². The molecule has 3 aromatic carbocycles. The molecule has 0 radical (unpaired) electrons. The fraction of sp³-hybridized carbons (Fsp3) is 0.280. The van der Waals surface area contributed by atoms with Gasteiger partial charge in [0.25, 0.3) is 0 Å². The number of benzene rings is 3. The third-order valence-electron chi connectivity index (χ3n) is 5.25. The van der Waals surface area contributed by atoms with Gasteiger partial charge >= 0.3 is 0 Å². The predicted octanol–water partition coefficient (Wildman–Crippen LogP) is 6.59. The maximum absolute atomic E-state index is 9.86. The highest BCUT2D eigenvalue weighted by molar-refractivity contribution is 5.47. The largest absolute Gasteiger partial charge is 0.508 e. The molecule has 0 spiro atoms. The maximum atomic E-state index is 9.86. The number of aromatic hydroxyl groups is 1. The van der Waals surface area contributed by atoms with Gasteiger partial charge in [0.15, 0.2) is 0 Å². The monoisotopic (exact) mass is 344 g/mol. The van der Waals surface area contributed by atoms with Crippen LogP contribution in [0.1, 0.15) is 59.9 Å². The number of fused-ring (bicyclic) bond motifs is 1. The first-order valence-electron chi connectivity index (χ1n) is 9.65. The van der Waals surface area contributed by atoms with Crippen molar-refractivity contribution < 1.29 is 5.11 Å². The third-order valence-corrected chi connectivity index (χ3v) is 5.25. The molecule has 1 nitrogen and oxygen atoms in total. The van der Waals surface area contributed by atoms with Crippen molar-refractivity contribution in [2.75, 3.05) is 0 Å². The van der Waals surface area contributed by atoms with E-state index in [9.17, 15) is 5.11 Å². The van der Waals surface area contributed by atoms with Crippen LogP contribution < -0.4 is 0 Å². The summed E-state index contributed by atoms with van der Waals surface area (Å²) in [5.74, 6) is 1.19. The Morgan fingerprint density at radius 2 is 1.50 bits per heavy atom. The number of rotatable bonds is 2. The van der Waals surface area contributed by atoms with Gasteiger partial charge in [0.2, 0.25) is 0 Å². The van der Waals surface area contributed by atoms with Crippen LogP contribution in [0.5, 0.6) is 5.75 Å². The number of hydrogen-bond acceptors (Lipinski definition) is 1. The molecule has 134 valence electrons. The summed E-state index contributed by atoms with van der Waals surface area (Å²) < 4.78 is 0. The van der Waals surface area contributed by atoms with Crippen LogP contribution in [0.25, 0.3) is 0 Å². The minimum absolute atomic E-state index is 0.345. The quantitative estimate of drug-likeness (QED) is 0.556. The van der Waals surface area contributed by atoms with Crippen LogP contribution in [0.4, 0.5) is 0 Å². The van der Waals surface area contributed by atoms with Crippen LogP contribution in [0.3, 0.4) is 0 Å². The fourth-order valence-electron chi connectivity index (χ4n) is 4.05. The summed E-state index contributed by atoms with van der Waals surface area (Å²) >= 11 is 0. The summed E-state index contributed by atoms with van der Waals surface area (Å²) in [5.41, 5.74) is 6.70. The zero-order valence-corrected chi connectivity index (χ0v) is 15.9. The molecule has 26 heavy (non-hydrogen) atoms. The van der Waals surface area contributed by atoms with E-state index in [1.54, 1.807) is 0 Å². The van der Waals surface area contributed by atoms with Gasteiger partial charge in [0.05, 0.1) is 0 Å². The topological polar surface area (TPSA) is 20.2 Å². The SMILES string of the molecule is CC.Cc1ccc(C2c3ccc(O)cc3CCC2c2ccccc2)cc1. The first-order valence-corrected chi connectivity index (χ1v) is 9.65. The van der Waals surface area contributed by atoms with Crippen LogP contribution in [-0.2, 0) is 6.42 Å². The number of aryl methyl sites for hydroxylation is 2. The summed E-state index contributed by atoms with van der Waals surface area (Å²) in [6.45, 7) is 6.13. The molecule has 1 heteroatoms. The van der Waals surface area contributed by atoms with E-state index in [2.05, 4.69) is 67.6 Å². The Bertz CT molecular complexity index is 834. The van der Waals surface area contributed by atoms with Gasteiger partial charge in [0, 0.05) is 5.92 Å². The Morgan fingerprint density at radius 1 is 0.808 bits per heavy atom. The first kappa shape index (κ1) is 18.3. The molecule has 0 saturated heterocycles. The highest BCUT2D eigenvalue weighted by atomic mass is 16.3. The molecule has 0 bridgehead atoms. The minimum atomic E-state index is 0.345. The lowest BCUT2D eigenvalue weighted by Gasteiger charge is -2.34. The second-order valence-corrected chi connectivity index (χ2v) is 6.83. The van der Waals surface area contributed by atoms with Gasteiger partial charge in [-0.15, -0.1) is 0 Å². The number of phenols is 1. The number of phenolic OH excluding ortho intramolecular Hbond substituents is 1. The van der Waals surface area contributed by atoms with Crippen molar-refractivity contribution in [1.82, 2.24) is 0 Å². The summed E-state index contributed by atoms with van der Waals surface area (Å²) in [5, 5.41) is 9.86. The molecule has 0 amide bonds. The van der Waals surface area contributed by atoms with Gasteiger partial charge in [-0.1, -0.05) is 80.1 Å². The molecule has 2 unspecified atom stereocenters. The lowest BCUT2D eigenvalue weighted by molar-refractivity contribution is 0.469. The highest BCUT2D eigenvalue weighted by Gasteiger charge is 2.31. The van der Waals surface area contributed by atoms with E-state index in [-0.39, 0.29) is 0 Å². The van der Waals surface area contributed by atoms with Crippen molar-refractivity contribution in [2.45, 2.75) is 45.4 Å². The summed E-state index contributed by atoms with van der Waals surface area (Å²) in [6.07, 6.45) is 2.13. The smallest absolute Gasteiger partial charge is 0.115 e. The Labute approximate surface area is 157 Å². The molecule has 0 aromatic heterocycles. The van der Waals surface area contributed by atoms with Gasteiger partial charge < -0.3 is 5.11 Å². The van der Waals surface area contributed by atoms with Gasteiger partial charge in [-0.2, -0.15) is 0 Å². The van der Waals surface area contributed by atoms with Crippen LogP contribution in [-0.4, -0.2) is 5.11 Å². The number of hydrogen-bond donors (Lipinski definition) is 1. The van der Waals surface area contributed by atoms with Gasteiger partial charge in [-0.3, -0.25) is 0 Å². The second kappa shape index (κ2) is 8.23. The zero-order chi connectivity index (χ0) is 18.5. The minimum Gasteiger partial charge on any atom is -0.508 e. The molecule has 3 aromatic rings. The van der Waals surface area contributed by atoms with E-state index in [1.165, 1.54) is 27.8 Å². The van der Waals surface area contributed by atoms with Crippen LogP contribution in [0, 0.1) is 6.92 Å². The third kappa shape index (κ3) is 3.67. The molecular weight excluding hydrogens is 316 g/mol. The Kier molecular flexibility index (Phi) is 5.78. The lowest BCUT2D eigenvalue weighted by Crippen LogP contribution is -2.20. The molecule has 1 aliphatic rings. The molecule has 2 atom stereocenters. The molecule has 1 N–H and O–H groups in total. The van der Waals surface area contributed by atoms with Crippen molar-refractivity contribution in [1.29, 1.82) is 0 Å². The Hall–Kier alpha value is -2.54. The molecular formula is C25H28O. The maximum Gasteiger partial charge on any atom is 0.115 e. The second-order valence-electron chi connectivity index (χ2n) is 6.83. The average Bonchev–Trinajstić information content (AvgIpc) is 2.70. The van der Waals surface area contributed by atoms with Crippen molar-refractivity contribution >= 4 is 0 Å². The summed E-state index contributed by atoms with van der Waals surface area (Å²) in [6, 6.07) is 25.7. The Morgan fingerprint density at radius 3 is 2.19 bits per heavy atom. The van der Waals surface area contributed by atoms with E-state index in [4.69, 9.17) is 0 Å². The van der Waals surface area contributed by atoms with E-state index >= 15 is 0 Å². The van der Waals surface area contributed by atoms with E-state index < -0.39 is 0 Å². The van der Waals surface area contributed by atoms with Crippen molar-refractivity contribution in [3.05, 3.63) is 101 Å². The first-order chi connectivity index (χ1) is 12.7. The van der Waals surface area contributed by atoms with Gasteiger partial charge in [-0.25, -0.2) is 0 Å². The van der Waals surface area contributed by atoms with E-state index in [0.717, 1.165) is 12.8 Å². The summed E-state index contributed by atoms with van der Waals surface area (Å²) in [7, 11) is 0. The molecule has 0 fully saturated rings. The van der Waals surface area contributed by atoms with Gasteiger partial charge in [-0.05, 0) is 60.1 Å².